The lowest BCUT2D eigenvalue weighted by molar-refractivity contribution is 0.0595. The molecule has 1 saturated carbocycles. The summed E-state index contributed by atoms with van der Waals surface area (Å²) in [5, 5.41) is 8.61. The van der Waals surface area contributed by atoms with Crippen molar-refractivity contribution in [1.82, 2.24) is 34.7 Å². The Labute approximate surface area is 173 Å². The number of H-pyrrole nitrogens is 1. The second-order valence-corrected chi connectivity index (χ2v) is 7.77. The van der Waals surface area contributed by atoms with Gasteiger partial charge >= 0.3 is 5.97 Å². The topological polar surface area (TPSA) is 115 Å². The van der Waals surface area contributed by atoms with Crippen molar-refractivity contribution < 1.29 is 9.53 Å². The Kier molecular flexibility index (Phi) is 4.48. The number of carbonyl (C=O) groups is 1. The van der Waals surface area contributed by atoms with E-state index in [1.54, 1.807) is 6.33 Å². The fraction of sp³-hybridized carbons (Fsp3) is 0.500. The van der Waals surface area contributed by atoms with Gasteiger partial charge in [-0.25, -0.2) is 19.7 Å². The summed E-state index contributed by atoms with van der Waals surface area (Å²) in [6.07, 6.45) is 8.79. The van der Waals surface area contributed by atoms with Crippen molar-refractivity contribution in [3.63, 3.8) is 0 Å². The van der Waals surface area contributed by atoms with Crippen molar-refractivity contribution in [3.05, 3.63) is 29.7 Å². The number of ether oxygens (including phenoxy) is 1. The van der Waals surface area contributed by atoms with E-state index in [1.165, 1.54) is 26.1 Å². The molecule has 5 rings (SSSR count). The minimum absolute atomic E-state index is 0.104. The van der Waals surface area contributed by atoms with E-state index in [1.807, 2.05) is 11.5 Å². The molecule has 1 aliphatic heterocycles. The molecule has 0 aromatic carbocycles. The molecule has 1 fully saturated rings. The van der Waals surface area contributed by atoms with Gasteiger partial charge in [0.15, 0.2) is 23.3 Å². The number of fused-ring (bicyclic) bond motifs is 3. The molecule has 1 atom stereocenters. The smallest absolute Gasteiger partial charge is 0.356 e. The van der Waals surface area contributed by atoms with Crippen LogP contribution in [0.1, 0.15) is 67.1 Å². The Morgan fingerprint density at radius 3 is 2.83 bits per heavy atom. The van der Waals surface area contributed by atoms with E-state index < -0.39 is 5.97 Å². The van der Waals surface area contributed by atoms with E-state index in [0.29, 0.717) is 17.7 Å². The predicted molar refractivity (Wildman–Crippen MR) is 108 cm³/mol. The highest BCUT2D eigenvalue weighted by atomic mass is 16.5. The molecule has 3 aromatic heterocycles. The first-order valence-corrected chi connectivity index (χ1v) is 10.3. The lowest BCUT2D eigenvalue weighted by Gasteiger charge is -2.41. The fourth-order valence-electron chi connectivity index (χ4n) is 4.67. The van der Waals surface area contributed by atoms with Crippen LogP contribution in [0.15, 0.2) is 12.5 Å². The van der Waals surface area contributed by atoms with Crippen LogP contribution in [0, 0.1) is 6.92 Å². The van der Waals surface area contributed by atoms with E-state index in [0.717, 1.165) is 42.3 Å². The number of nitrogens with zero attached hydrogens (tertiary/aromatic N) is 7. The summed E-state index contributed by atoms with van der Waals surface area (Å²) in [6, 6.07) is 0.510. The van der Waals surface area contributed by atoms with Crippen LogP contribution in [-0.2, 0) is 4.74 Å². The van der Waals surface area contributed by atoms with Gasteiger partial charge in [-0.1, -0.05) is 19.8 Å². The monoisotopic (exact) mass is 408 g/mol. The molecule has 3 aromatic rings. The summed E-state index contributed by atoms with van der Waals surface area (Å²) in [6.45, 7) is 4.12. The number of esters is 1. The summed E-state index contributed by atoms with van der Waals surface area (Å²) in [4.78, 5) is 31.1. The molecule has 10 heteroatoms. The number of rotatable bonds is 4. The SMILES string of the molecule is CC[C@@H]1c2nncn2-c2c(C)nc(-c3ncc(C(=O)OC)[nH]3)nc2N1C1CCCC1. The van der Waals surface area contributed by atoms with Gasteiger partial charge < -0.3 is 14.6 Å². The molecule has 1 aliphatic carbocycles. The van der Waals surface area contributed by atoms with E-state index in [4.69, 9.17) is 9.72 Å². The van der Waals surface area contributed by atoms with Crippen molar-refractivity contribution in [3.8, 4) is 17.3 Å². The molecule has 2 aliphatic rings. The van der Waals surface area contributed by atoms with Crippen molar-refractivity contribution in [2.75, 3.05) is 12.0 Å². The standard InChI is InChI=1S/C20H24N8O2/c1-4-14-18-26-22-10-27(18)15-11(2)23-17(16-21-9-13(24-16)20(29)30-3)25-19(15)28(14)12-7-5-6-8-12/h9-10,12,14H,4-8H2,1-3H3,(H,21,24)/t14-/m1/s1. The molecule has 0 unspecified atom stereocenters. The van der Waals surface area contributed by atoms with E-state index in [9.17, 15) is 4.79 Å². The van der Waals surface area contributed by atoms with Gasteiger partial charge in [-0.3, -0.25) is 4.57 Å². The zero-order valence-corrected chi connectivity index (χ0v) is 17.3. The third kappa shape index (κ3) is 2.78. The molecule has 0 saturated heterocycles. The highest BCUT2D eigenvalue weighted by Crippen LogP contribution is 2.43. The molecule has 10 nitrogen and oxygen atoms in total. The van der Waals surface area contributed by atoms with Crippen molar-refractivity contribution >= 4 is 11.8 Å². The molecule has 1 N–H and O–H groups in total. The van der Waals surface area contributed by atoms with E-state index in [-0.39, 0.29) is 11.7 Å². The number of aryl methyl sites for hydroxylation is 1. The maximum absolute atomic E-state index is 11.8. The number of aromatic amines is 1. The van der Waals surface area contributed by atoms with Crippen LogP contribution in [0.3, 0.4) is 0 Å². The van der Waals surface area contributed by atoms with E-state index >= 15 is 0 Å². The van der Waals surface area contributed by atoms with Crippen LogP contribution >= 0.6 is 0 Å². The number of carbonyl (C=O) groups excluding carboxylic acids is 1. The van der Waals surface area contributed by atoms with Gasteiger partial charge in [-0.2, -0.15) is 0 Å². The van der Waals surface area contributed by atoms with Crippen molar-refractivity contribution in [2.24, 2.45) is 0 Å². The first-order valence-electron chi connectivity index (χ1n) is 10.3. The van der Waals surface area contributed by atoms with Crippen LogP contribution in [0.5, 0.6) is 0 Å². The summed E-state index contributed by atoms with van der Waals surface area (Å²) in [5.41, 5.74) is 1.99. The number of methoxy groups -OCH3 is 1. The summed E-state index contributed by atoms with van der Waals surface area (Å²) < 4.78 is 6.78. The van der Waals surface area contributed by atoms with Crippen molar-refractivity contribution in [2.45, 2.75) is 58.0 Å². The van der Waals surface area contributed by atoms with Crippen LogP contribution in [-0.4, -0.2) is 53.8 Å². The molecule has 4 heterocycles. The van der Waals surface area contributed by atoms with Gasteiger partial charge in [0.1, 0.15) is 17.7 Å². The zero-order valence-electron chi connectivity index (χ0n) is 17.3. The molecule has 30 heavy (non-hydrogen) atoms. The Morgan fingerprint density at radius 2 is 2.10 bits per heavy atom. The number of anilines is 1. The molecule has 0 amide bonds. The minimum Gasteiger partial charge on any atom is -0.464 e. The lowest BCUT2D eigenvalue weighted by Crippen LogP contribution is -2.42. The number of hydrogen-bond donors (Lipinski definition) is 1. The number of imidazole rings is 1. The summed E-state index contributed by atoms with van der Waals surface area (Å²) in [5.74, 6) is 2.23. The van der Waals surface area contributed by atoms with Crippen LogP contribution in [0.2, 0.25) is 0 Å². The average molecular weight is 408 g/mol. The third-order valence-corrected chi connectivity index (χ3v) is 6.03. The Hall–Kier alpha value is -3.30. The molecule has 156 valence electrons. The van der Waals surface area contributed by atoms with Crippen LogP contribution < -0.4 is 4.90 Å². The van der Waals surface area contributed by atoms with Gasteiger partial charge in [0.25, 0.3) is 0 Å². The number of nitrogens with one attached hydrogen (secondary N) is 1. The van der Waals surface area contributed by atoms with Gasteiger partial charge in [-0.05, 0) is 26.2 Å². The van der Waals surface area contributed by atoms with Gasteiger partial charge in [-0.15, -0.1) is 10.2 Å². The second-order valence-electron chi connectivity index (χ2n) is 7.77. The van der Waals surface area contributed by atoms with Gasteiger partial charge in [0.05, 0.1) is 25.0 Å². The number of hydrogen-bond acceptors (Lipinski definition) is 8. The molecular weight excluding hydrogens is 384 g/mol. The Bertz CT molecular complexity index is 1100. The highest BCUT2D eigenvalue weighted by molar-refractivity contribution is 5.87. The van der Waals surface area contributed by atoms with Gasteiger partial charge in [0, 0.05) is 6.04 Å². The molecule has 0 spiro atoms. The molecule has 0 radical (unpaired) electrons. The fourth-order valence-corrected chi connectivity index (χ4v) is 4.67. The van der Waals surface area contributed by atoms with Crippen LogP contribution in [0.25, 0.3) is 17.3 Å². The Balaban J connectivity index is 1.68. The second kappa shape index (κ2) is 7.19. The highest BCUT2D eigenvalue weighted by Gasteiger charge is 2.39. The lowest BCUT2D eigenvalue weighted by atomic mass is 10.0. The summed E-state index contributed by atoms with van der Waals surface area (Å²) >= 11 is 0. The largest absolute Gasteiger partial charge is 0.464 e. The maximum atomic E-state index is 11.8. The number of aromatic nitrogens is 7. The first kappa shape index (κ1) is 18.7. The average Bonchev–Trinajstić information content (AvgIpc) is 3.52. The molecule has 0 bridgehead atoms. The third-order valence-electron chi connectivity index (χ3n) is 6.03. The quantitative estimate of drug-likeness (QED) is 0.655. The van der Waals surface area contributed by atoms with Crippen molar-refractivity contribution in [1.29, 1.82) is 0 Å². The minimum atomic E-state index is -0.476. The normalized spacial score (nSPS) is 18.4. The summed E-state index contributed by atoms with van der Waals surface area (Å²) in [7, 11) is 1.34. The van der Waals surface area contributed by atoms with Crippen LogP contribution in [0.4, 0.5) is 5.82 Å². The Morgan fingerprint density at radius 1 is 1.30 bits per heavy atom. The molecular formula is C20H24N8O2. The first-order chi connectivity index (χ1) is 14.6. The van der Waals surface area contributed by atoms with E-state index in [2.05, 4.69) is 37.0 Å². The van der Waals surface area contributed by atoms with Gasteiger partial charge in [0.2, 0.25) is 0 Å². The predicted octanol–water partition coefficient (Wildman–Crippen LogP) is 2.76. The zero-order chi connectivity index (χ0) is 20.8. The maximum Gasteiger partial charge on any atom is 0.356 e.